The molecule has 0 N–H and O–H groups in total. The third-order valence-corrected chi connectivity index (χ3v) is 2.35. The van der Waals surface area contributed by atoms with Crippen molar-refractivity contribution in [2.45, 2.75) is 18.8 Å². The van der Waals surface area contributed by atoms with Crippen LogP contribution in [0.5, 0.6) is 11.5 Å². The summed E-state index contributed by atoms with van der Waals surface area (Å²) in [7, 11) is 0. The van der Waals surface area contributed by atoms with Crippen LogP contribution >= 0.6 is 0 Å². The van der Waals surface area contributed by atoms with Gasteiger partial charge < -0.3 is 9.47 Å². The molecular weight excluding hydrogens is 152 g/mol. The van der Waals surface area contributed by atoms with Crippen LogP contribution in [0.1, 0.15) is 24.3 Å². The zero-order valence-corrected chi connectivity index (χ0v) is 6.67. The van der Waals surface area contributed by atoms with E-state index in [4.69, 9.17) is 9.47 Å². The Morgan fingerprint density at radius 1 is 1.33 bits per heavy atom. The number of hydrogen-bond acceptors (Lipinski definition) is 2. The van der Waals surface area contributed by atoms with E-state index in [1.807, 2.05) is 12.1 Å². The first kappa shape index (κ1) is 6.35. The highest BCUT2D eigenvalue weighted by Crippen LogP contribution is 2.48. The van der Waals surface area contributed by atoms with Crippen LogP contribution in [0.25, 0.3) is 0 Å². The molecule has 1 fully saturated rings. The Kier molecular flexibility index (Phi) is 1.14. The lowest BCUT2D eigenvalue weighted by Gasteiger charge is -2.01. The van der Waals surface area contributed by atoms with Gasteiger partial charge >= 0.3 is 0 Å². The van der Waals surface area contributed by atoms with Crippen molar-refractivity contribution in [2.24, 2.45) is 0 Å². The summed E-state index contributed by atoms with van der Waals surface area (Å²) in [5.74, 6) is 2.50. The Morgan fingerprint density at radius 3 is 3.08 bits per heavy atom. The number of fused-ring (bicyclic) bond motifs is 1. The average Bonchev–Trinajstić information content (AvgIpc) is 2.82. The highest BCUT2D eigenvalue weighted by molar-refractivity contribution is 5.50. The standard InChI is InChI=1S/C10H9O2/c1-2-8(7-4-5-7)10-9(3-1)11-6-12-10/h1,3,7H,4-6H2. The van der Waals surface area contributed by atoms with E-state index in [1.165, 1.54) is 18.4 Å². The van der Waals surface area contributed by atoms with E-state index in [-0.39, 0.29) is 0 Å². The second kappa shape index (κ2) is 2.16. The molecule has 1 aromatic carbocycles. The van der Waals surface area contributed by atoms with Gasteiger partial charge in [0, 0.05) is 5.56 Å². The van der Waals surface area contributed by atoms with Crippen LogP contribution in [0, 0.1) is 6.07 Å². The maximum atomic E-state index is 5.38. The van der Waals surface area contributed by atoms with Crippen LogP contribution in [0.15, 0.2) is 12.1 Å². The molecule has 0 bridgehead atoms. The van der Waals surface area contributed by atoms with Gasteiger partial charge in [-0.15, -0.1) is 0 Å². The van der Waals surface area contributed by atoms with Crippen molar-refractivity contribution in [3.63, 3.8) is 0 Å². The SMILES string of the molecule is [c]1ccc2c(c1C1CC1)OCO2. The van der Waals surface area contributed by atoms with E-state index in [2.05, 4.69) is 6.07 Å². The monoisotopic (exact) mass is 161 g/mol. The first-order valence-electron chi connectivity index (χ1n) is 4.25. The van der Waals surface area contributed by atoms with E-state index in [9.17, 15) is 0 Å². The zero-order valence-electron chi connectivity index (χ0n) is 6.67. The molecule has 0 aromatic heterocycles. The summed E-state index contributed by atoms with van der Waals surface area (Å²) in [6.07, 6.45) is 2.55. The molecule has 0 amide bonds. The van der Waals surface area contributed by atoms with Gasteiger partial charge in [0.05, 0.1) is 0 Å². The van der Waals surface area contributed by atoms with Crippen LogP contribution in [0.3, 0.4) is 0 Å². The van der Waals surface area contributed by atoms with Gasteiger partial charge in [0.2, 0.25) is 6.79 Å². The second-order valence-corrected chi connectivity index (χ2v) is 3.27. The van der Waals surface area contributed by atoms with Gasteiger partial charge in [-0.25, -0.2) is 0 Å². The minimum atomic E-state index is 0.368. The molecule has 2 heteroatoms. The predicted octanol–water partition coefficient (Wildman–Crippen LogP) is 2.09. The van der Waals surface area contributed by atoms with Gasteiger partial charge in [0.1, 0.15) is 0 Å². The third kappa shape index (κ3) is 0.809. The van der Waals surface area contributed by atoms with Crippen LogP contribution in [-0.4, -0.2) is 6.79 Å². The molecule has 1 aliphatic carbocycles. The maximum absolute atomic E-state index is 5.38. The van der Waals surface area contributed by atoms with Gasteiger partial charge in [0.25, 0.3) is 0 Å². The van der Waals surface area contributed by atoms with Crippen molar-refractivity contribution in [2.75, 3.05) is 6.79 Å². The van der Waals surface area contributed by atoms with Crippen molar-refractivity contribution in [3.8, 4) is 11.5 Å². The largest absolute Gasteiger partial charge is 0.454 e. The molecule has 1 radical (unpaired) electrons. The summed E-state index contributed by atoms with van der Waals surface area (Å²) in [6.45, 7) is 0.368. The summed E-state index contributed by atoms with van der Waals surface area (Å²) < 4.78 is 10.7. The fourth-order valence-corrected chi connectivity index (χ4v) is 1.57. The van der Waals surface area contributed by atoms with Gasteiger partial charge in [0.15, 0.2) is 11.5 Å². The Morgan fingerprint density at radius 2 is 2.25 bits per heavy atom. The molecule has 12 heavy (non-hydrogen) atoms. The minimum absolute atomic E-state index is 0.368. The third-order valence-electron chi connectivity index (χ3n) is 2.35. The molecule has 1 aliphatic heterocycles. The van der Waals surface area contributed by atoms with Crippen molar-refractivity contribution in [3.05, 3.63) is 23.8 Å². The summed E-state index contributed by atoms with van der Waals surface area (Å²) in [6, 6.07) is 7.05. The first-order chi connectivity index (χ1) is 5.95. The fraction of sp³-hybridized carbons (Fsp3) is 0.400. The molecule has 0 unspecified atom stereocenters. The van der Waals surface area contributed by atoms with Crippen LogP contribution in [-0.2, 0) is 0 Å². The molecule has 3 rings (SSSR count). The lowest BCUT2D eigenvalue weighted by Crippen LogP contribution is -1.94. The highest BCUT2D eigenvalue weighted by atomic mass is 16.7. The second-order valence-electron chi connectivity index (χ2n) is 3.27. The molecule has 2 nitrogen and oxygen atoms in total. The molecule has 2 aliphatic rings. The highest BCUT2D eigenvalue weighted by Gasteiger charge is 2.30. The van der Waals surface area contributed by atoms with Crippen molar-refractivity contribution < 1.29 is 9.47 Å². The van der Waals surface area contributed by atoms with E-state index in [1.54, 1.807) is 0 Å². The van der Waals surface area contributed by atoms with E-state index in [0.717, 1.165) is 11.5 Å². The van der Waals surface area contributed by atoms with Gasteiger partial charge in [-0.1, -0.05) is 6.07 Å². The lowest BCUT2D eigenvalue weighted by molar-refractivity contribution is 0.173. The smallest absolute Gasteiger partial charge is 0.231 e. The summed E-state index contributed by atoms with van der Waals surface area (Å²) >= 11 is 0. The molecule has 1 heterocycles. The Labute approximate surface area is 71.1 Å². The van der Waals surface area contributed by atoms with Crippen LogP contribution in [0.4, 0.5) is 0 Å². The molecule has 1 saturated carbocycles. The normalized spacial score (nSPS) is 19.7. The average molecular weight is 161 g/mol. The fourth-order valence-electron chi connectivity index (χ4n) is 1.57. The molecule has 0 spiro atoms. The maximum Gasteiger partial charge on any atom is 0.231 e. The summed E-state index contributed by atoms with van der Waals surface area (Å²) in [5, 5.41) is 0. The van der Waals surface area contributed by atoms with Gasteiger partial charge in [-0.05, 0) is 30.9 Å². The van der Waals surface area contributed by atoms with Crippen LogP contribution in [0.2, 0.25) is 0 Å². The van der Waals surface area contributed by atoms with Crippen molar-refractivity contribution in [1.29, 1.82) is 0 Å². The predicted molar refractivity (Wildman–Crippen MR) is 43.4 cm³/mol. The van der Waals surface area contributed by atoms with Gasteiger partial charge in [-0.3, -0.25) is 0 Å². The number of ether oxygens (including phenoxy) is 2. The zero-order chi connectivity index (χ0) is 7.97. The van der Waals surface area contributed by atoms with Crippen molar-refractivity contribution >= 4 is 0 Å². The van der Waals surface area contributed by atoms with E-state index < -0.39 is 0 Å². The van der Waals surface area contributed by atoms with Crippen molar-refractivity contribution in [1.82, 2.24) is 0 Å². The van der Waals surface area contributed by atoms with Gasteiger partial charge in [-0.2, -0.15) is 0 Å². The molecule has 0 saturated heterocycles. The Balaban J connectivity index is 2.12. The number of benzene rings is 1. The van der Waals surface area contributed by atoms with Crippen LogP contribution < -0.4 is 9.47 Å². The quantitative estimate of drug-likeness (QED) is 0.628. The molecular formula is C10H9O2. The van der Waals surface area contributed by atoms with E-state index >= 15 is 0 Å². The summed E-state index contributed by atoms with van der Waals surface area (Å²) in [4.78, 5) is 0. The topological polar surface area (TPSA) is 18.5 Å². The molecule has 61 valence electrons. The number of hydrogen-bond donors (Lipinski definition) is 0. The molecule has 1 aromatic rings. The first-order valence-corrected chi connectivity index (χ1v) is 4.25. The summed E-state index contributed by atoms with van der Waals surface area (Å²) in [5.41, 5.74) is 1.21. The minimum Gasteiger partial charge on any atom is -0.454 e. The Bertz CT molecular complexity index is 316. The Hall–Kier alpha value is -1.18. The molecule has 0 atom stereocenters. The lowest BCUT2D eigenvalue weighted by atomic mass is 10.1. The van der Waals surface area contributed by atoms with E-state index in [0.29, 0.717) is 12.7 Å². The number of rotatable bonds is 1.